The lowest BCUT2D eigenvalue weighted by atomic mass is 10.1. The fourth-order valence-electron chi connectivity index (χ4n) is 2.16. The summed E-state index contributed by atoms with van der Waals surface area (Å²) in [4.78, 5) is 9.22. The lowest BCUT2D eigenvalue weighted by Gasteiger charge is -2.30. The molecule has 0 radical (unpaired) electrons. The lowest BCUT2D eigenvalue weighted by Crippen LogP contribution is -2.36. The molecule has 0 aliphatic heterocycles. The summed E-state index contributed by atoms with van der Waals surface area (Å²) in [5.41, 5.74) is 9.21. The van der Waals surface area contributed by atoms with E-state index in [4.69, 9.17) is 5.73 Å². The second-order valence-corrected chi connectivity index (χ2v) is 7.55. The van der Waals surface area contributed by atoms with Gasteiger partial charge < -0.3 is 5.73 Å². The first kappa shape index (κ1) is 15.1. The van der Waals surface area contributed by atoms with E-state index in [2.05, 4.69) is 58.2 Å². The van der Waals surface area contributed by atoms with Crippen LogP contribution in [0.5, 0.6) is 0 Å². The molecule has 2 aromatic heterocycles. The fraction of sp³-hybridized carbons (Fsp3) is 0.462. The molecule has 104 valence electrons. The molecule has 0 aliphatic carbocycles. The molecule has 2 rings (SSSR count). The summed E-state index contributed by atoms with van der Waals surface area (Å²) in [5, 5.41) is 2.11. The zero-order valence-electron chi connectivity index (χ0n) is 11.3. The van der Waals surface area contributed by atoms with Gasteiger partial charge in [0.05, 0.1) is 17.2 Å². The molecule has 2 N–H and O–H groups in total. The number of nitrogens with two attached hydrogens (primary N) is 1. The molecule has 2 heterocycles. The van der Waals surface area contributed by atoms with Gasteiger partial charge in [0, 0.05) is 32.2 Å². The quantitative estimate of drug-likeness (QED) is 0.882. The maximum absolute atomic E-state index is 6.18. The molecule has 0 saturated heterocycles. The van der Waals surface area contributed by atoms with E-state index >= 15 is 0 Å². The van der Waals surface area contributed by atoms with E-state index in [-0.39, 0.29) is 12.1 Å². The Morgan fingerprint density at radius 1 is 1.47 bits per heavy atom. The molecule has 2 unspecified atom stereocenters. The van der Waals surface area contributed by atoms with Gasteiger partial charge in [0.1, 0.15) is 0 Å². The van der Waals surface area contributed by atoms with Gasteiger partial charge in [-0.2, -0.15) is 0 Å². The number of aromatic nitrogens is 1. The summed E-state index contributed by atoms with van der Waals surface area (Å²) in [5.74, 6) is 0. The van der Waals surface area contributed by atoms with E-state index in [0.717, 1.165) is 16.7 Å². The Bertz CT molecular complexity index is 535. The van der Waals surface area contributed by atoms with Gasteiger partial charge in [-0.3, -0.25) is 4.90 Å². The predicted octanol–water partition coefficient (Wildman–Crippen LogP) is 3.80. The van der Waals surface area contributed by atoms with Gasteiger partial charge in [-0.25, -0.2) is 4.98 Å². The van der Waals surface area contributed by atoms with Crippen molar-refractivity contribution in [2.45, 2.75) is 32.5 Å². The predicted molar refractivity (Wildman–Crippen MR) is 86.7 cm³/mol. The molecule has 0 saturated carbocycles. The third-order valence-corrected chi connectivity index (χ3v) is 5.77. The van der Waals surface area contributed by atoms with E-state index in [1.807, 2.05) is 5.51 Å². The largest absolute Gasteiger partial charge is 0.326 e. The van der Waals surface area contributed by atoms with E-state index in [9.17, 15) is 0 Å². The van der Waals surface area contributed by atoms with Crippen LogP contribution < -0.4 is 5.73 Å². The SMILES string of the molecule is Cc1ncsc1CN(C)C(c1cc(Br)cs1)C(C)N. The molecule has 6 heteroatoms. The second-order valence-electron chi connectivity index (χ2n) is 4.75. The number of thiophene rings is 1. The highest BCUT2D eigenvalue weighted by Gasteiger charge is 2.23. The van der Waals surface area contributed by atoms with Crippen molar-refractivity contribution in [3.63, 3.8) is 0 Å². The Balaban J connectivity index is 2.18. The molecule has 0 aromatic carbocycles. The molecule has 2 atom stereocenters. The zero-order chi connectivity index (χ0) is 14.0. The molecule has 19 heavy (non-hydrogen) atoms. The highest BCUT2D eigenvalue weighted by molar-refractivity contribution is 9.10. The summed E-state index contributed by atoms with van der Waals surface area (Å²) < 4.78 is 1.13. The highest BCUT2D eigenvalue weighted by Crippen LogP contribution is 2.32. The van der Waals surface area contributed by atoms with Gasteiger partial charge >= 0.3 is 0 Å². The Labute approximate surface area is 130 Å². The van der Waals surface area contributed by atoms with Crippen molar-refractivity contribution in [3.8, 4) is 0 Å². The maximum Gasteiger partial charge on any atom is 0.0798 e. The number of halogens is 1. The van der Waals surface area contributed by atoms with Crippen LogP contribution >= 0.6 is 38.6 Å². The van der Waals surface area contributed by atoms with Gasteiger partial charge in [-0.15, -0.1) is 22.7 Å². The first-order chi connectivity index (χ1) is 8.99. The Morgan fingerprint density at radius 3 is 2.68 bits per heavy atom. The van der Waals surface area contributed by atoms with Gasteiger partial charge in [0.15, 0.2) is 0 Å². The van der Waals surface area contributed by atoms with E-state index < -0.39 is 0 Å². The standard InChI is InChI=1S/C13H18BrN3S2/c1-8(15)13(11-4-10(14)6-18-11)17(3)5-12-9(2)16-7-19-12/h4,6-8,13H,5,15H2,1-3H3. The molecular weight excluding hydrogens is 342 g/mol. The number of rotatable bonds is 5. The van der Waals surface area contributed by atoms with Crippen molar-refractivity contribution in [3.05, 3.63) is 36.9 Å². The maximum atomic E-state index is 6.18. The fourth-order valence-corrected chi connectivity index (χ4v) is 4.73. The topological polar surface area (TPSA) is 42.2 Å². The third-order valence-electron chi connectivity index (χ3n) is 3.09. The summed E-state index contributed by atoms with van der Waals surface area (Å²) in [7, 11) is 2.13. The molecule has 2 aromatic rings. The zero-order valence-corrected chi connectivity index (χ0v) is 14.5. The lowest BCUT2D eigenvalue weighted by molar-refractivity contribution is 0.215. The van der Waals surface area contributed by atoms with Crippen molar-refractivity contribution < 1.29 is 0 Å². The summed E-state index contributed by atoms with van der Waals surface area (Å²) in [6, 6.07) is 2.48. The van der Waals surface area contributed by atoms with Crippen LogP contribution in [0.3, 0.4) is 0 Å². The van der Waals surface area contributed by atoms with E-state index in [1.165, 1.54) is 9.75 Å². The average Bonchev–Trinajstić information content (AvgIpc) is 2.89. The molecule has 0 amide bonds. The number of hydrogen-bond donors (Lipinski definition) is 1. The van der Waals surface area contributed by atoms with Crippen molar-refractivity contribution in [1.29, 1.82) is 0 Å². The van der Waals surface area contributed by atoms with Crippen LogP contribution in [0, 0.1) is 6.92 Å². The Morgan fingerprint density at radius 2 is 2.21 bits per heavy atom. The molecule has 0 aliphatic rings. The Hall–Kier alpha value is -0.270. The number of hydrogen-bond acceptors (Lipinski definition) is 5. The minimum atomic E-state index is 0.0868. The molecule has 3 nitrogen and oxygen atoms in total. The first-order valence-corrected chi connectivity index (χ1v) is 8.63. The van der Waals surface area contributed by atoms with Crippen LogP contribution in [0.15, 0.2) is 21.4 Å². The van der Waals surface area contributed by atoms with Crippen LogP contribution in [0.25, 0.3) is 0 Å². The first-order valence-electron chi connectivity index (χ1n) is 6.07. The van der Waals surface area contributed by atoms with Crippen LogP contribution in [0.1, 0.15) is 28.4 Å². The van der Waals surface area contributed by atoms with Gasteiger partial charge in [-0.1, -0.05) is 0 Å². The highest BCUT2D eigenvalue weighted by atomic mass is 79.9. The number of nitrogens with zero attached hydrogens (tertiary/aromatic N) is 2. The third kappa shape index (κ3) is 3.64. The Kier molecular flexibility index (Phi) is 5.14. The van der Waals surface area contributed by atoms with Crippen LogP contribution in [-0.4, -0.2) is 23.0 Å². The summed E-state index contributed by atoms with van der Waals surface area (Å²) >= 11 is 6.97. The van der Waals surface area contributed by atoms with E-state index in [0.29, 0.717) is 0 Å². The molecule has 0 spiro atoms. The van der Waals surface area contributed by atoms with Crippen LogP contribution in [-0.2, 0) is 6.54 Å². The average molecular weight is 360 g/mol. The second kappa shape index (κ2) is 6.45. The van der Waals surface area contributed by atoms with Gasteiger partial charge in [0.2, 0.25) is 0 Å². The van der Waals surface area contributed by atoms with Crippen molar-refractivity contribution in [1.82, 2.24) is 9.88 Å². The van der Waals surface area contributed by atoms with Crippen LogP contribution in [0.2, 0.25) is 0 Å². The van der Waals surface area contributed by atoms with Gasteiger partial charge in [-0.05, 0) is 42.9 Å². The molecular formula is C13H18BrN3S2. The normalized spacial score (nSPS) is 14.8. The minimum Gasteiger partial charge on any atom is -0.326 e. The smallest absolute Gasteiger partial charge is 0.0798 e. The van der Waals surface area contributed by atoms with Crippen molar-refractivity contribution in [2.24, 2.45) is 5.73 Å². The van der Waals surface area contributed by atoms with Crippen molar-refractivity contribution >= 4 is 38.6 Å². The van der Waals surface area contributed by atoms with Crippen LogP contribution in [0.4, 0.5) is 0 Å². The molecule has 0 bridgehead atoms. The summed E-state index contributed by atoms with van der Waals surface area (Å²) in [6.07, 6.45) is 0. The number of likely N-dealkylation sites (N-methyl/N-ethyl adjacent to an activating group) is 1. The van der Waals surface area contributed by atoms with Crippen molar-refractivity contribution in [2.75, 3.05) is 7.05 Å². The van der Waals surface area contributed by atoms with E-state index in [1.54, 1.807) is 22.7 Å². The van der Waals surface area contributed by atoms with Gasteiger partial charge in [0.25, 0.3) is 0 Å². The monoisotopic (exact) mass is 359 g/mol. The number of aryl methyl sites for hydroxylation is 1. The molecule has 0 fully saturated rings. The number of thiazole rings is 1. The minimum absolute atomic E-state index is 0.0868. The summed E-state index contributed by atoms with van der Waals surface area (Å²) in [6.45, 7) is 5.01.